The van der Waals surface area contributed by atoms with E-state index >= 15 is 0 Å². The number of rotatable bonds is 7. The van der Waals surface area contributed by atoms with E-state index in [2.05, 4.69) is 5.32 Å². The van der Waals surface area contributed by atoms with Gasteiger partial charge in [0.2, 0.25) is 0 Å². The van der Waals surface area contributed by atoms with E-state index in [9.17, 15) is 9.59 Å². The molecule has 0 unspecified atom stereocenters. The van der Waals surface area contributed by atoms with Gasteiger partial charge < -0.3 is 14.8 Å². The Labute approximate surface area is 220 Å². The van der Waals surface area contributed by atoms with E-state index in [1.54, 1.807) is 18.2 Å². The van der Waals surface area contributed by atoms with Crippen molar-refractivity contribution < 1.29 is 19.1 Å². The number of Topliss-reactive ketones (excluding diaryl/α,β-unsaturated/α-hetero) is 1. The predicted molar refractivity (Wildman–Crippen MR) is 138 cm³/mol. The number of dihydropyridines is 1. The average molecular weight is 535 g/mol. The third-order valence-corrected chi connectivity index (χ3v) is 7.32. The Morgan fingerprint density at radius 1 is 1.00 bits per heavy atom. The van der Waals surface area contributed by atoms with Crippen LogP contribution in [-0.4, -0.2) is 31.6 Å². The van der Waals surface area contributed by atoms with Gasteiger partial charge in [-0.3, -0.25) is 4.79 Å². The summed E-state index contributed by atoms with van der Waals surface area (Å²) in [4.78, 5) is 26.8. The molecule has 0 amide bonds. The van der Waals surface area contributed by atoms with E-state index in [0.29, 0.717) is 63.5 Å². The van der Waals surface area contributed by atoms with Gasteiger partial charge >= 0.3 is 5.97 Å². The number of ether oxygens (including phenoxy) is 2. The van der Waals surface area contributed by atoms with Crippen LogP contribution < -0.4 is 5.32 Å². The lowest BCUT2D eigenvalue weighted by molar-refractivity contribution is -0.140. The molecule has 0 radical (unpaired) electrons. The van der Waals surface area contributed by atoms with Crippen molar-refractivity contribution in [1.29, 1.82) is 0 Å². The Morgan fingerprint density at radius 2 is 1.71 bits per heavy atom. The van der Waals surface area contributed by atoms with Gasteiger partial charge in [-0.05, 0) is 61.6 Å². The Bertz CT molecular complexity index is 1200. The van der Waals surface area contributed by atoms with Crippen molar-refractivity contribution in [3.63, 3.8) is 0 Å². The van der Waals surface area contributed by atoms with Crippen molar-refractivity contribution in [3.8, 4) is 0 Å². The lowest BCUT2D eigenvalue weighted by atomic mass is 9.72. The number of hydrogen-bond acceptors (Lipinski definition) is 5. The lowest BCUT2D eigenvalue weighted by Crippen LogP contribution is -2.36. The van der Waals surface area contributed by atoms with Crippen molar-refractivity contribution in [2.45, 2.75) is 38.5 Å². The molecule has 0 saturated heterocycles. The molecule has 184 valence electrons. The van der Waals surface area contributed by atoms with Gasteiger partial charge in [0, 0.05) is 40.9 Å². The molecular weight excluding hydrogens is 509 g/mol. The molecule has 0 aromatic heterocycles. The molecule has 1 N–H and O–H groups in total. The number of allylic oxidation sites excluding steroid dienone is 3. The molecule has 0 saturated carbocycles. The highest BCUT2D eigenvalue weighted by atomic mass is 35.5. The summed E-state index contributed by atoms with van der Waals surface area (Å²) in [6.45, 7) is 4.65. The summed E-state index contributed by atoms with van der Waals surface area (Å²) in [5.74, 6) is -1.13. The number of hydrogen-bond donors (Lipinski definition) is 1. The quantitative estimate of drug-likeness (QED) is 0.321. The molecule has 1 aliphatic heterocycles. The van der Waals surface area contributed by atoms with Crippen molar-refractivity contribution in [1.82, 2.24) is 5.32 Å². The Hall–Kier alpha value is -2.31. The summed E-state index contributed by atoms with van der Waals surface area (Å²) in [5, 5.41) is 4.75. The van der Waals surface area contributed by atoms with Gasteiger partial charge in [0.05, 0.1) is 22.2 Å². The standard InChI is InChI=1S/C27H26Cl3NO4/c1-3-34-10-11-35-27(33)24-15(2)31-22-13-18(16-4-7-19(28)8-5-16)14-23(32)26(22)25(24)17-6-9-20(29)21(30)12-17/h4-9,12,18,25,31H,3,10-11,13-14H2,1-2H3/t18-,25-/m0/s1. The van der Waals surface area contributed by atoms with Crippen LogP contribution in [0, 0.1) is 0 Å². The summed E-state index contributed by atoms with van der Waals surface area (Å²) in [5.41, 5.74) is 4.16. The molecule has 1 heterocycles. The summed E-state index contributed by atoms with van der Waals surface area (Å²) in [7, 11) is 0. The van der Waals surface area contributed by atoms with Crippen molar-refractivity contribution in [3.05, 3.63) is 91.2 Å². The first-order valence-electron chi connectivity index (χ1n) is 11.5. The molecule has 2 aromatic carbocycles. The number of ketones is 1. The van der Waals surface area contributed by atoms with Crippen LogP contribution >= 0.6 is 34.8 Å². The van der Waals surface area contributed by atoms with Crippen LogP contribution in [0.4, 0.5) is 0 Å². The van der Waals surface area contributed by atoms with E-state index in [4.69, 9.17) is 44.3 Å². The fourth-order valence-electron chi connectivity index (χ4n) is 4.72. The Kier molecular flexibility index (Phi) is 8.23. The van der Waals surface area contributed by atoms with Crippen LogP contribution in [0.25, 0.3) is 0 Å². The summed E-state index contributed by atoms with van der Waals surface area (Å²) in [6, 6.07) is 12.8. The van der Waals surface area contributed by atoms with Crippen molar-refractivity contribution in [2.24, 2.45) is 0 Å². The fraction of sp³-hybridized carbons (Fsp3) is 0.333. The first-order valence-corrected chi connectivity index (χ1v) is 12.6. The highest BCUT2D eigenvalue weighted by molar-refractivity contribution is 6.42. The Balaban J connectivity index is 1.73. The molecule has 0 fully saturated rings. The van der Waals surface area contributed by atoms with Crippen LogP contribution in [0.15, 0.2) is 65.0 Å². The number of benzene rings is 2. The van der Waals surface area contributed by atoms with Crippen LogP contribution in [0.3, 0.4) is 0 Å². The van der Waals surface area contributed by atoms with Gasteiger partial charge in [-0.25, -0.2) is 4.79 Å². The largest absolute Gasteiger partial charge is 0.460 e. The molecule has 4 rings (SSSR count). The first kappa shape index (κ1) is 25.8. The molecule has 0 spiro atoms. The normalized spacial score (nSPS) is 20.0. The molecule has 1 aliphatic carbocycles. The third kappa shape index (κ3) is 5.59. The van der Waals surface area contributed by atoms with Crippen LogP contribution in [0.2, 0.25) is 15.1 Å². The lowest BCUT2D eigenvalue weighted by Gasteiger charge is -2.36. The molecule has 2 aliphatic rings. The molecular formula is C27H26Cl3NO4. The van der Waals surface area contributed by atoms with Gasteiger partial charge in [-0.2, -0.15) is 0 Å². The van der Waals surface area contributed by atoms with Gasteiger partial charge in [-0.15, -0.1) is 0 Å². The second-order valence-electron chi connectivity index (χ2n) is 8.58. The molecule has 0 bridgehead atoms. The monoisotopic (exact) mass is 533 g/mol. The smallest absolute Gasteiger partial charge is 0.336 e. The maximum absolute atomic E-state index is 13.6. The van der Waals surface area contributed by atoms with E-state index in [1.165, 1.54) is 0 Å². The van der Waals surface area contributed by atoms with Gasteiger partial charge in [0.1, 0.15) is 6.61 Å². The number of carbonyl (C=O) groups excluding carboxylic acids is 2. The van der Waals surface area contributed by atoms with Gasteiger partial charge in [-0.1, -0.05) is 53.0 Å². The van der Waals surface area contributed by atoms with E-state index < -0.39 is 11.9 Å². The highest BCUT2D eigenvalue weighted by Gasteiger charge is 2.41. The minimum atomic E-state index is -0.612. The molecule has 5 nitrogen and oxygen atoms in total. The Morgan fingerprint density at radius 3 is 2.40 bits per heavy atom. The predicted octanol–water partition coefficient (Wildman–Crippen LogP) is 6.59. The van der Waals surface area contributed by atoms with Crippen LogP contribution in [0.5, 0.6) is 0 Å². The molecule has 2 atom stereocenters. The maximum atomic E-state index is 13.6. The summed E-state index contributed by atoms with van der Waals surface area (Å²) in [6.07, 6.45) is 0.955. The van der Waals surface area contributed by atoms with E-state index in [0.717, 1.165) is 11.3 Å². The fourth-order valence-corrected chi connectivity index (χ4v) is 5.15. The molecule has 2 aromatic rings. The number of nitrogens with one attached hydrogen (secondary N) is 1. The third-order valence-electron chi connectivity index (χ3n) is 6.33. The first-order chi connectivity index (χ1) is 16.8. The molecule has 35 heavy (non-hydrogen) atoms. The van der Waals surface area contributed by atoms with Crippen molar-refractivity contribution >= 4 is 46.6 Å². The zero-order chi connectivity index (χ0) is 25.1. The second-order valence-corrected chi connectivity index (χ2v) is 9.83. The highest BCUT2D eigenvalue weighted by Crippen LogP contribution is 2.46. The zero-order valence-electron chi connectivity index (χ0n) is 19.5. The number of halogens is 3. The summed E-state index contributed by atoms with van der Waals surface area (Å²) < 4.78 is 10.8. The topological polar surface area (TPSA) is 64.6 Å². The average Bonchev–Trinajstić information content (AvgIpc) is 2.83. The van der Waals surface area contributed by atoms with Gasteiger partial charge in [0.25, 0.3) is 0 Å². The molecule has 8 heteroatoms. The van der Waals surface area contributed by atoms with E-state index in [1.807, 2.05) is 38.1 Å². The SMILES string of the molecule is CCOCCOC(=O)C1=C(C)NC2=C(C(=O)C[C@@H](c3ccc(Cl)cc3)C2)[C@H]1c1ccc(Cl)c(Cl)c1. The number of carbonyl (C=O) groups is 2. The maximum Gasteiger partial charge on any atom is 0.336 e. The zero-order valence-corrected chi connectivity index (χ0v) is 21.8. The second kappa shape index (κ2) is 11.2. The van der Waals surface area contributed by atoms with E-state index in [-0.39, 0.29) is 18.3 Å². The minimum Gasteiger partial charge on any atom is -0.460 e. The number of esters is 1. The van der Waals surface area contributed by atoms with Crippen LogP contribution in [0.1, 0.15) is 49.7 Å². The summed E-state index contributed by atoms with van der Waals surface area (Å²) >= 11 is 18.5. The van der Waals surface area contributed by atoms with Crippen molar-refractivity contribution in [2.75, 3.05) is 19.8 Å². The van der Waals surface area contributed by atoms with Crippen LogP contribution in [-0.2, 0) is 19.1 Å². The minimum absolute atomic E-state index is 0.00738. The van der Waals surface area contributed by atoms with Gasteiger partial charge in [0.15, 0.2) is 5.78 Å².